The Labute approximate surface area is 156 Å². The van der Waals surface area contributed by atoms with Crippen molar-refractivity contribution in [1.82, 2.24) is 10.1 Å². The van der Waals surface area contributed by atoms with Crippen molar-refractivity contribution in [2.45, 2.75) is 17.2 Å². The van der Waals surface area contributed by atoms with E-state index in [0.29, 0.717) is 17.0 Å². The van der Waals surface area contributed by atoms with Crippen LogP contribution >= 0.6 is 0 Å². The van der Waals surface area contributed by atoms with Crippen molar-refractivity contribution >= 4 is 10.8 Å². The van der Waals surface area contributed by atoms with Gasteiger partial charge in [0.1, 0.15) is 0 Å². The molecular weight excluding hydrogens is 410 g/mol. The minimum absolute atomic E-state index is 0.0139. The smallest absolute Gasteiger partial charge is 0.334 e. The number of halogens is 6. The molecule has 0 saturated heterocycles. The monoisotopic (exact) mass is 420 g/mol. The van der Waals surface area contributed by atoms with Crippen molar-refractivity contribution in [2.24, 2.45) is 0 Å². The summed E-state index contributed by atoms with van der Waals surface area (Å²) < 4.78 is 94.8. The molecule has 1 atom stereocenters. The topological polar surface area (TPSA) is 56.0 Å². The molecule has 0 aliphatic heterocycles. The van der Waals surface area contributed by atoms with E-state index in [2.05, 4.69) is 10.1 Å². The van der Waals surface area contributed by atoms with Crippen LogP contribution in [-0.4, -0.2) is 20.6 Å². The zero-order chi connectivity index (χ0) is 20.7. The molecule has 2 aromatic carbocycles. The van der Waals surface area contributed by atoms with E-state index in [9.17, 15) is 30.6 Å². The van der Waals surface area contributed by atoms with Crippen molar-refractivity contribution in [3.05, 3.63) is 53.6 Å². The number of hydrogen-bond donors (Lipinski definition) is 0. The summed E-state index contributed by atoms with van der Waals surface area (Å²) in [4.78, 5) is 4.22. The molecule has 0 bridgehead atoms. The second kappa shape index (κ2) is 7.04. The standard InChI is InChI=1S/C17H10F6N2O2S/c1-28(26)13-5-3-2-4-12(13)15-24-14(25-27-15)9-6-10(16(18,19)20)8-11(7-9)17(21,22)23/h2-8H,1H3/t28-/m0/s1. The summed E-state index contributed by atoms with van der Waals surface area (Å²) in [5.74, 6) is -0.630. The van der Waals surface area contributed by atoms with Crippen LogP contribution in [0, 0.1) is 0 Å². The average Bonchev–Trinajstić information content (AvgIpc) is 3.10. The van der Waals surface area contributed by atoms with Gasteiger partial charge >= 0.3 is 12.4 Å². The van der Waals surface area contributed by atoms with Gasteiger partial charge in [-0.3, -0.25) is 4.21 Å². The maximum absolute atomic E-state index is 13.0. The molecule has 11 heteroatoms. The highest BCUT2D eigenvalue weighted by molar-refractivity contribution is 7.84. The van der Waals surface area contributed by atoms with Crippen LogP contribution in [0.5, 0.6) is 0 Å². The van der Waals surface area contributed by atoms with Gasteiger partial charge in [0.05, 0.1) is 32.4 Å². The molecule has 148 valence electrons. The van der Waals surface area contributed by atoms with Gasteiger partial charge in [0.25, 0.3) is 5.89 Å². The fourth-order valence-electron chi connectivity index (χ4n) is 2.43. The number of aromatic nitrogens is 2. The predicted molar refractivity (Wildman–Crippen MR) is 87.5 cm³/mol. The van der Waals surface area contributed by atoms with Crippen LogP contribution in [0.1, 0.15) is 11.1 Å². The van der Waals surface area contributed by atoms with Gasteiger partial charge in [-0.1, -0.05) is 17.3 Å². The number of hydrogen-bond acceptors (Lipinski definition) is 4. The lowest BCUT2D eigenvalue weighted by molar-refractivity contribution is -0.143. The van der Waals surface area contributed by atoms with Crippen molar-refractivity contribution in [2.75, 3.05) is 6.26 Å². The van der Waals surface area contributed by atoms with E-state index in [-0.39, 0.29) is 17.5 Å². The summed E-state index contributed by atoms with van der Waals surface area (Å²) >= 11 is 0. The van der Waals surface area contributed by atoms with Crippen LogP contribution in [0.15, 0.2) is 51.9 Å². The minimum Gasteiger partial charge on any atom is -0.334 e. The van der Waals surface area contributed by atoms with Crippen LogP contribution in [0.3, 0.4) is 0 Å². The maximum atomic E-state index is 13.0. The highest BCUT2D eigenvalue weighted by Crippen LogP contribution is 2.38. The van der Waals surface area contributed by atoms with E-state index < -0.39 is 45.7 Å². The fraction of sp³-hybridized carbons (Fsp3) is 0.176. The molecule has 3 aromatic rings. The normalized spacial score (nSPS) is 13.5. The first kappa shape index (κ1) is 20.1. The molecule has 4 nitrogen and oxygen atoms in total. The van der Waals surface area contributed by atoms with E-state index >= 15 is 0 Å². The SMILES string of the molecule is C[S@](=O)c1ccccc1-c1nc(-c2cc(C(F)(F)F)cc(C(F)(F)F)c2)no1. The van der Waals surface area contributed by atoms with E-state index in [4.69, 9.17) is 4.52 Å². The molecule has 1 heterocycles. The lowest BCUT2D eigenvalue weighted by Crippen LogP contribution is -2.11. The van der Waals surface area contributed by atoms with Crippen molar-refractivity contribution < 1.29 is 35.1 Å². The number of nitrogens with zero attached hydrogens (tertiary/aromatic N) is 2. The molecule has 3 rings (SSSR count). The summed E-state index contributed by atoms with van der Waals surface area (Å²) in [6.45, 7) is 0. The Bertz CT molecular complexity index is 1010. The first-order valence-corrected chi connectivity index (χ1v) is 9.09. The molecule has 0 aliphatic rings. The molecule has 0 fully saturated rings. The highest BCUT2D eigenvalue weighted by Gasteiger charge is 2.37. The maximum Gasteiger partial charge on any atom is 0.416 e. The highest BCUT2D eigenvalue weighted by atomic mass is 32.2. The molecular formula is C17H10F6N2O2S. The number of benzene rings is 2. The van der Waals surface area contributed by atoms with Crippen molar-refractivity contribution in [1.29, 1.82) is 0 Å². The zero-order valence-corrected chi connectivity index (χ0v) is 14.7. The van der Waals surface area contributed by atoms with Crippen LogP contribution in [0.2, 0.25) is 0 Å². The minimum atomic E-state index is -4.99. The molecule has 0 saturated carbocycles. The second-order valence-corrected chi connectivity index (χ2v) is 7.02. The van der Waals surface area contributed by atoms with Gasteiger partial charge in [-0.2, -0.15) is 31.3 Å². The van der Waals surface area contributed by atoms with Crippen LogP contribution < -0.4 is 0 Å². The quantitative estimate of drug-likeness (QED) is 0.548. The summed E-state index contributed by atoms with van der Waals surface area (Å²) in [6, 6.07) is 7.26. The Morgan fingerprint density at radius 2 is 1.50 bits per heavy atom. The first-order valence-electron chi connectivity index (χ1n) is 7.53. The zero-order valence-electron chi connectivity index (χ0n) is 13.9. The van der Waals surface area contributed by atoms with Crippen LogP contribution in [0.4, 0.5) is 26.3 Å². The van der Waals surface area contributed by atoms with Gasteiger partial charge in [0.15, 0.2) is 0 Å². The lowest BCUT2D eigenvalue weighted by Gasteiger charge is -2.12. The molecule has 1 aromatic heterocycles. The van der Waals surface area contributed by atoms with Gasteiger partial charge in [-0.05, 0) is 30.3 Å². The van der Waals surface area contributed by atoms with Crippen molar-refractivity contribution in [3.8, 4) is 22.8 Å². The molecule has 0 unspecified atom stereocenters. The Morgan fingerprint density at radius 3 is 2.04 bits per heavy atom. The van der Waals surface area contributed by atoms with Crippen LogP contribution in [0.25, 0.3) is 22.8 Å². The van der Waals surface area contributed by atoms with E-state index in [0.717, 1.165) is 0 Å². The summed E-state index contributed by atoms with van der Waals surface area (Å²) in [6.07, 6.45) is -8.58. The van der Waals surface area contributed by atoms with E-state index in [1.54, 1.807) is 12.1 Å². The van der Waals surface area contributed by atoms with Gasteiger partial charge in [-0.15, -0.1) is 0 Å². The lowest BCUT2D eigenvalue weighted by atomic mass is 10.0. The molecule has 0 radical (unpaired) electrons. The third-order valence-electron chi connectivity index (χ3n) is 3.70. The molecule has 28 heavy (non-hydrogen) atoms. The van der Waals surface area contributed by atoms with E-state index in [1.165, 1.54) is 18.4 Å². The third-order valence-corrected chi connectivity index (χ3v) is 4.67. The Hall–Kier alpha value is -2.69. The van der Waals surface area contributed by atoms with Gasteiger partial charge in [-0.25, -0.2) is 0 Å². The third kappa shape index (κ3) is 4.08. The summed E-state index contributed by atoms with van der Waals surface area (Å²) in [7, 11) is -1.43. The molecule has 0 amide bonds. The van der Waals surface area contributed by atoms with Gasteiger partial charge < -0.3 is 4.52 Å². The Morgan fingerprint density at radius 1 is 0.929 bits per heavy atom. The molecule has 0 spiro atoms. The van der Waals surface area contributed by atoms with Crippen molar-refractivity contribution in [3.63, 3.8) is 0 Å². The average molecular weight is 420 g/mol. The Balaban J connectivity index is 2.13. The summed E-state index contributed by atoms with van der Waals surface area (Å²) in [5, 5.41) is 3.49. The Kier molecular flexibility index (Phi) is 5.04. The predicted octanol–water partition coefficient (Wildman–Crippen LogP) is 5.18. The fourth-order valence-corrected chi connectivity index (χ4v) is 3.16. The number of rotatable bonds is 3. The van der Waals surface area contributed by atoms with Gasteiger partial charge in [0.2, 0.25) is 5.82 Å². The first-order chi connectivity index (χ1) is 13.0. The van der Waals surface area contributed by atoms with Gasteiger partial charge in [0, 0.05) is 11.8 Å². The van der Waals surface area contributed by atoms with E-state index in [1.807, 2.05) is 0 Å². The number of alkyl halides is 6. The largest absolute Gasteiger partial charge is 0.416 e. The summed E-state index contributed by atoms with van der Waals surface area (Å²) in [5.41, 5.74) is -3.21. The van der Waals surface area contributed by atoms with Crippen LogP contribution in [-0.2, 0) is 23.2 Å². The second-order valence-electron chi connectivity index (χ2n) is 5.67. The molecule has 0 N–H and O–H groups in total. The molecule has 0 aliphatic carbocycles.